The van der Waals surface area contributed by atoms with Gasteiger partial charge in [-0.3, -0.25) is 4.79 Å². The summed E-state index contributed by atoms with van der Waals surface area (Å²) in [4.78, 5) is 19.6. The van der Waals surface area contributed by atoms with Gasteiger partial charge in [0.05, 0.1) is 13.2 Å². The van der Waals surface area contributed by atoms with Crippen LogP contribution in [-0.2, 0) is 4.74 Å². The number of carbonyl (C=O) groups is 1. The van der Waals surface area contributed by atoms with E-state index in [1.807, 2.05) is 0 Å². The second-order valence-corrected chi connectivity index (χ2v) is 4.43. The summed E-state index contributed by atoms with van der Waals surface area (Å²) in [6, 6.07) is 3.57. The number of anilines is 2. The number of hydrogen-bond donors (Lipinski definition) is 1. The summed E-state index contributed by atoms with van der Waals surface area (Å²) in [5.74, 6) is 0.223. The zero-order valence-electron chi connectivity index (χ0n) is 10.7. The average Bonchev–Trinajstić information content (AvgIpc) is 2.38. The molecule has 0 spiro atoms. The molecule has 0 atom stereocenters. The number of hydrogen-bond acceptors (Lipinski definition) is 5. The van der Waals surface area contributed by atoms with Crippen molar-refractivity contribution < 1.29 is 9.53 Å². The van der Waals surface area contributed by atoms with E-state index in [2.05, 4.69) is 9.88 Å². The van der Waals surface area contributed by atoms with Crippen LogP contribution >= 0.6 is 0 Å². The van der Waals surface area contributed by atoms with Crippen LogP contribution in [0.4, 0.5) is 11.5 Å². The molecule has 6 heteroatoms. The summed E-state index contributed by atoms with van der Waals surface area (Å²) in [6.45, 7) is 3.00. The molecule has 0 bridgehead atoms. The van der Waals surface area contributed by atoms with E-state index in [1.165, 1.54) is 4.90 Å². The van der Waals surface area contributed by atoms with Crippen molar-refractivity contribution in [3.63, 3.8) is 0 Å². The van der Waals surface area contributed by atoms with Crippen molar-refractivity contribution in [3.05, 3.63) is 17.8 Å². The smallest absolute Gasteiger partial charge is 0.272 e. The molecular weight excluding hydrogens is 232 g/mol. The van der Waals surface area contributed by atoms with Crippen LogP contribution in [0.3, 0.4) is 0 Å². The summed E-state index contributed by atoms with van der Waals surface area (Å²) in [6.07, 6.45) is 0. The van der Waals surface area contributed by atoms with Gasteiger partial charge in [0.25, 0.3) is 5.91 Å². The fourth-order valence-corrected chi connectivity index (χ4v) is 1.88. The van der Waals surface area contributed by atoms with Gasteiger partial charge in [0.2, 0.25) is 0 Å². The predicted molar refractivity (Wildman–Crippen MR) is 69.7 cm³/mol. The molecule has 0 radical (unpaired) electrons. The van der Waals surface area contributed by atoms with Crippen LogP contribution < -0.4 is 10.6 Å². The van der Waals surface area contributed by atoms with Crippen molar-refractivity contribution in [1.82, 2.24) is 9.88 Å². The average molecular weight is 250 g/mol. The van der Waals surface area contributed by atoms with Gasteiger partial charge < -0.3 is 20.3 Å². The number of nitrogens with zero attached hydrogens (tertiary/aromatic N) is 3. The van der Waals surface area contributed by atoms with Crippen LogP contribution in [0.2, 0.25) is 0 Å². The molecule has 2 heterocycles. The lowest BCUT2D eigenvalue weighted by atomic mass is 10.2. The van der Waals surface area contributed by atoms with Crippen molar-refractivity contribution in [2.45, 2.75) is 0 Å². The van der Waals surface area contributed by atoms with Crippen LogP contribution in [0, 0.1) is 0 Å². The molecule has 0 unspecified atom stereocenters. The SMILES string of the molecule is CN(C)C(=O)c1cc(N2CCOCC2)cc(N)n1. The van der Waals surface area contributed by atoms with Crippen molar-refractivity contribution in [2.75, 3.05) is 51.0 Å². The van der Waals surface area contributed by atoms with E-state index in [9.17, 15) is 4.79 Å². The van der Waals surface area contributed by atoms with Gasteiger partial charge in [-0.1, -0.05) is 0 Å². The standard InChI is InChI=1S/C12H18N4O2/c1-15(2)12(17)10-7-9(8-11(13)14-10)16-3-5-18-6-4-16/h7-8H,3-6H2,1-2H3,(H2,13,14). The monoisotopic (exact) mass is 250 g/mol. The first kappa shape index (κ1) is 12.6. The maximum atomic E-state index is 11.9. The minimum Gasteiger partial charge on any atom is -0.384 e. The Kier molecular flexibility index (Phi) is 3.66. The molecule has 2 rings (SSSR count). The Balaban J connectivity index is 2.28. The molecule has 0 aromatic carbocycles. The number of morpholine rings is 1. The number of nitrogens with two attached hydrogens (primary N) is 1. The molecule has 0 aliphatic carbocycles. The quantitative estimate of drug-likeness (QED) is 0.812. The second-order valence-electron chi connectivity index (χ2n) is 4.43. The Morgan fingerprint density at radius 3 is 2.67 bits per heavy atom. The number of carbonyl (C=O) groups excluding carboxylic acids is 1. The van der Waals surface area contributed by atoms with Crippen molar-refractivity contribution in [3.8, 4) is 0 Å². The third kappa shape index (κ3) is 2.70. The van der Waals surface area contributed by atoms with E-state index in [-0.39, 0.29) is 5.91 Å². The number of pyridine rings is 1. The van der Waals surface area contributed by atoms with E-state index in [0.29, 0.717) is 24.7 Å². The molecule has 98 valence electrons. The van der Waals surface area contributed by atoms with E-state index >= 15 is 0 Å². The maximum absolute atomic E-state index is 11.9. The summed E-state index contributed by atoms with van der Waals surface area (Å²) in [5.41, 5.74) is 7.07. The summed E-state index contributed by atoms with van der Waals surface area (Å²) in [5, 5.41) is 0. The van der Waals surface area contributed by atoms with Gasteiger partial charge in [-0.25, -0.2) is 4.98 Å². The van der Waals surface area contributed by atoms with E-state index in [0.717, 1.165) is 18.8 Å². The van der Waals surface area contributed by atoms with Crippen LogP contribution in [0.15, 0.2) is 12.1 Å². The lowest BCUT2D eigenvalue weighted by molar-refractivity contribution is 0.0822. The van der Waals surface area contributed by atoms with E-state index < -0.39 is 0 Å². The van der Waals surface area contributed by atoms with Crippen LogP contribution in [-0.4, -0.2) is 56.2 Å². The van der Waals surface area contributed by atoms with Crippen LogP contribution in [0.25, 0.3) is 0 Å². The largest absolute Gasteiger partial charge is 0.384 e. The Bertz CT molecular complexity index is 442. The third-order valence-electron chi connectivity index (χ3n) is 2.83. The predicted octanol–water partition coefficient (Wildman–Crippen LogP) is 0.202. The van der Waals surface area contributed by atoms with Crippen molar-refractivity contribution in [1.29, 1.82) is 0 Å². The first-order valence-electron chi connectivity index (χ1n) is 5.90. The number of amides is 1. The van der Waals surface area contributed by atoms with Gasteiger partial charge in [-0.15, -0.1) is 0 Å². The molecule has 1 aromatic heterocycles. The fraction of sp³-hybridized carbons (Fsp3) is 0.500. The first-order valence-corrected chi connectivity index (χ1v) is 5.90. The summed E-state index contributed by atoms with van der Waals surface area (Å²) >= 11 is 0. The molecule has 1 fully saturated rings. The Hall–Kier alpha value is -1.82. The van der Waals surface area contributed by atoms with Crippen LogP contribution in [0.1, 0.15) is 10.5 Å². The fourth-order valence-electron chi connectivity index (χ4n) is 1.88. The Labute approximate surface area is 106 Å². The molecule has 6 nitrogen and oxygen atoms in total. The Morgan fingerprint density at radius 1 is 1.39 bits per heavy atom. The molecule has 1 saturated heterocycles. The first-order chi connectivity index (χ1) is 8.58. The van der Waals surface area contributed by atoms with Gasteiger partial charge in [0.1, 0.15) is 11.5 Å². The molecule has 1 aliphatic heterocycles. The van der Waals surface area contributed by atoms with Gasteiger partial charge >= 0.3 is 0 Å². The molecule has 18 heavy (non-hydrogen) atoms. The van der Waals surface area contributed by atoms with Gasteiger partial charge in [-0.05, 0) is 6.07 Å². The highest BCUT2D eigenvalue weighted by Gasteiger charge is 2.16. The number of ether oxygens (including phenoxy) is 1. The minimum absolute atomic E-state index is 0.142. The highest BCUT2D eigenvalue weighted by molar-refractivity contribution is 5.93. The molecule has 1 aromatic rings. The lowest BCUT2D eigenvalue weighted by Crippen LogP contribution is -2.36. The second kappa shape index (κ2) is 5.22. The van der Waals surface area contributed by atoms with Crippen LogP contribution in [0.5, 0.6) is 0 Å². The number of nitrogen functional groups attached to an aromatic ring is 1. The number of rotatable bonds is 2. The highest BCUT2D eigenvalue weighted by atomic mass is 16.5. The highest BCUT2D eigenvalue weighted by Crippen LogP contribution is 2.20. The molecule has 2 N–H and O–H groups in total. The minimum atomic E-state index is -0.142. The number of aromatic nitrogens is 1. The van der Waals surface area contributed by atoms with Crippen molar-refractivity contribution in [2.24, 2.45) is 0 Å². The van der Waals surface area contributed by atoms with E-state index in [1.54, 1.807) is 26.2 Å². The zero-order chi connectivity index (χ0) is 13.1. The maximum Gasteiger partial charge on any atom is 0.272 e. The topological polar surface area (TPSA) is 71.7 Å². The van der Waals surface area contributed by atoms with E-state index in [4.69, 9.17) is 10.5 Å². The third-order valence-corrected chi connectivity index (χ3v) is 2.83. The van der Waals surface area contributed by atoms with Gasteiger partial charge in [-0.2, -0.15) is 0 Å². The van der Waals surface area contributed by atoms with Crippen molar-refractivity contribution >= 4 is 17.4 Å². The normalized spacial score (nSPS) is 15.6. The molecule has 1 aliphatic rings. The summed E-state index contributed by atoms with van der Waals surface area (Å²) in [7, 11) is 3.39. The lowest BCUT2D eigenvalue weighted by Gasteiger charge is -2.29. The van der Waals surface area contributed by atoms with Gasteiger partial charge in [0, 0.05) is 38.9 Å². The molecule has 1 amide bonds. The molecular formula is C12H18N4O2. The zero-order valence-corrected chi connectivity index (χ0v) is 10.7. The van der Waals surface area contributed by atoms with Gasteiger partial charge in [0.15, 0.2) is 0 Å². The summed E-state index contributed by atoms with van der Waals surface area (Å²) < 4.78 is 5.30. The Morgan fingerprint density at radius 2 is 2.06 bits per heavy atom. The molecule has 0 saturated carbocycles.